The molecule has 1 atom stereocenters. The van der Waals surface area contributed by atoms with E-state index >= 15 is 0 Å². The number of aryl methyl sites for hydroxylation is 1. The molecule has 0 bridgehead atoms. The predicted octanol–water partition coefficient (Wildman–Crippen LogP) is 3.90. The molecule has 5 nitrogen and oxygen atoms in total. The standard InChI is InChI=1S/C13H12ClF3N4OS/c1-6(23-12-18-7(2)20-21-12)11(22)19-10-4-3-8(14)5-9(10)13(15,16)17/h3-6H,1-2H3,(H,19,22)(H,18,20,21). The van der Waals surface area contributed by atoms with E-state index in [9.17, 15) is 18.0 Å². The van der Waals surface area contributed by atoms with Gasteiger partial charge in [0, 0.05) is 5.02 Å². The third-order valence-corrected chi connectivity index (χ3v) is 3.97. The molecule has 0 radical (unpaired) electrons. The van der Waals surface area contributed by atoms with Crippen LogP contribution in [0.15, 0.2) is 23.4 Å². The minimum Gasteiger partial charge on any atom is -0.325 e. The minimum atomic E-state index is -4.62. The Morgan fingerprint density at radius 1 is 1.43 bits per heavy atom. The maximum Gasteiger partial charge on any atom is 0.418 e. The zero-order valence-electron chi connectivity index (χ0n) is 12.0. The van der Waals surface area contributed by atoms with E-state index in [1.54, 1.807) is 13.8 Å². The van der Waals surface area contributed by atoms with E-state index in [2.05, 4.69) is 20.5 Å². The van der Waals surface area contributed by atoms with Gasteiger partial charge in [0.15, 0.2) is 0 Å². The van der Waals surface area contributed by atoms with E-state index in [1.807, 2.05) is 0 Å². The van der Waals surface area contributed by atoms with Gasteiger partial charge < -0.3 is 5.32 Å². The number of carbonyl (C=O) groups is 1. The van der Waals surface area contributed by atoms with Crippen molar-refractivity contribution in [1.82, 2.24) is 15.2 Å². The Labute approximate surface area is 139 Å². The van der Waals surface area contributed by atoms with Crippen molar-refractivity contribution in [2.75, 3.05) is 5.32 Å². The molecule has 0 aliphatic rings. The first-order valence-electron chi connectivity index (χ1n) is 6.40. The smallest absolute Gasteiger partial charge is 0.325 e. The number of carbonyl (C=O) groups excluding carboxylic acids is 1. The van der Waals surface area contributed by atoms with Gasteiger partial charge in [0.05, 0.1) is 16.5 Å². The van der Waals surface area contributed by atoms with Crippen LogP contribution in [0.4, 0.5) is 18.9 Å². The number of thioether (sulfide) groups is 1. The van der Waals surface area contributed by atoms with Crippen LogP contribution in [0.2, 0.25) is 5.02 Å². The van der Waals surface area contributed by atoms with Crippen LogP contribution in [0.3, 0.4) is 0 Å². The lowest BCUT2D eigenvalue weighted by atomic mass is 10.1. The molecule has 0 fully saturated rings. The maximum absolute atomic E-state index is 13.0. The average Bonchev–Trinajstić information content (AvgIpc) is 2.84. The summed E-state index contributed by atoms with van der Waals surface area (Å²) in [5.41, 5.74) is -1.34. The van der Waals surface area contributed by atoms with Gasteiger partial charge in [0.25, 0.3) is 0 Å². The van der Waals surface area contributed by atoms with E-state index in [0.717, 1.165) is 23.9 Å². The third kappa shape index (κ3) is 4.61. The van der Waals surface area contributed by atoms with Gasteiger partial charge in [-0.25, -0.2) is 4.98 Å². The highest BCUT2D eigenvalue weighted by Crippen LogP contribution is 2.36. The van der Waals surface area contributed by atoms with Crippen molar-refractivity contribution < 1.29 is 18.0 Å². The van der Waals surface area contributed by atoms with Crippen LogP contribution in [0, 0.1) is 6.92 Å². The van der Waals surface area contributed by atoms with Crippen molar-refractivity contribution in [3.05, 3.63) is 34.6 Å². The molecule has 1 amide bonds. The number of aromatic amines is 1. The molecule has 1 heterocycles. The van der Waals surface area contributed by atoms with Gasteiger partial charge in [-0.3, -0.25) is 9.89 Å². The maximum atomic E-state index is 13.0. The molecule has 0 aliphatic carbocycles. The Kier molecular flexibility index (Phi) is 5.20. The van der Waals surface area contributed by atoms with Gasteiger partial charge in [0.2, 0.25) is 11.1 Å². The van der Waals surface area contributed by atoms with Crippen LogP contribution in [-0.4, -0.2) is 26.3 Å². The number of nitrogens with one attached hydrogen (secondary N) is 2. The first kappa shape index (κ1) is 17.6. The van der Waals surface area contributed by atoms with Gasteiger partial charge in [-0.2, -0.15) is 13.2 Å². The number of halogens is 4. The number of amides is 1. The summed E-state index contributed by atoms with van der Waals surface area (Å²) < 4.78 is 39.0. The highest BCUT2D eigenvalue weighted by atomic mass is 35.5. The van der Waals surface area contributed by atoms with Crippen LogP contribution < -0.4 is 5.32 Å². The number of alkyl halides is 3. The van der Waals surface area contributed by atoms with Crippen LogP contribution in [0.5, 0.6) is 0 Å². The second-order valence-electron chi connectivity index (χ2n) is 4.64. The molecule has 2 rings (SSSR count). The van der Waals surface area contributed by atoms with E-state index < -0.39 is 22.9 Å². The fourth-order valence-electron chi connectivity index (χ4n) is 1.68. The van der Waals surface area contributed by atoms with E-state index in [4.69, 9.17) is 11.6 Å². The van der Waals surface area contributed by atoms with Gasteiger partial charge in [-0.05, 0) is 32.0 Å². The number of hydrogen-bond donors (Lipinski definition) is 2. The molecular weight excluding hydrogens is 353 g/mol. The quantitative estimate of drug-likeness (QED) is 0.807. The van der Waals surface area contributed by atoms with Crippen molar-refractivity contribution in [2.45, 2.75) is 30.4 Å². The van der Waals surface area contributed by atoms with Gasteiger partial charge >= 0.3 is 6.18 Å². The van der Waals surface area contributed by atoms with Crippen LogP contribution in [0.1, 0.15) is 18.3 Å². The zero-order valence-corrected chi connectivity index (χ0v) is 13.6. The Bertz CT molecular complexity index is 719. The number of benzene rings is 1. The first-order chi connectivity index (χ1) is 10.7. The lowest BCUT2D eigenvalue weighted by Gasteiger charge is -2.16. The molecule has 10 heteroatoms. The molecule has 0 spiro atoms. The first-order valence-corrected chi connectivity index (χ1v) is 7.66. The summed E-state index contributed by atoms with van der Waals surface area (Å²) in [4.78, 5) is 16.1. The number of anilines is 1. The van der Waals surface area contributed by atoms with Crippen molar-refractivity contribution in [1.29, 1.82) is 0 Å². The van der Waals surface area contributed by atoms with Crippen LogP contribution >= 0.6 is 23.4 Å². The Morgan fingerprint density at radius 2 is 2.13 bits per heavy atom. The summed E-state index contributed by atoms with van der Waals surface area (Å²) in [7, 11) is 0. The monoisotopic (exact) mass is 364 g/mol. The molecule has 0 saturated carbocycles. The molecule has 0 aliphatic heterocycles. The molecule has 2 aromatic rings. The van der Waals surface area contributed by atoms with E-state index in [1.165, 1.54) is 6.07 Å². The largest absolute Gasteiger partial charge is 0.418 e. The molecule has 1 unspecified atom stereocenters. The Balaban J connectivity index is 2.13. The highest BCUT2D eigenvalue weighted by Gasteiger charge is 2.34. The molecule has 124 valence electrons. The second kappa shape index (κ2) is 6.79. The van der Waals surface area contributed by atoms with Gasteiger partial charge in [-0.15, -0.1) is 5.10 Å². The van der Waals surface area contributed by atoms with Gasteiger partial charge in [0.1, 0.15) is 5.82 Å². The summed E-state index contributed by atoms with van der Waals surface area (Å²) in [6.45, 7) is 3.25. The minimum absolute atomic E-state index is 0.0612. The summed E-state index contributed by atoms with van der Waals surface area (Å²) in [6.07, 6.45) is -4.62. The number of H-pyrrole nitrogens is 1. The average molecular weight is 365 g/mol. The summed E-state index contributed by atoms with van der Waals surface area (Å²) in [5.74, 6) is -0.0116. The van der Waals surface area contributed by atoms with Crippen LogP contribution in [0.25, 0.3) is 0 Å². The molecular formula is C13H12ClF3N4OS. The molecule has 1 aromatic carbocycles. The fourth-order valence-corrected chi connectivity index (χ4v) is 2.62. The molecule has 2 N–H and O–H groups in total. The topological polar surface area (TPSA) is 70.7 Å². The lowest BCUT2D eigenvalue weighted by Crippen LogP contribution is -2.24. The third-order valence-electron chi connectivity index (χ3n) is 2.77. The lowest BCUT2D eigenvalue weighted by molar-refractivity contribution is -0.137. The number of hydrogen-bond acceptors (Lipinski definition) is 4. The predicted molar refractivity (Wildman–Crippen MR) is 81.5 cm³/mol. The normalized spacial score (nSPS) is 13.0. The van der Waals surface area contributed by atoms with E-state index in [-0.39, 0.29) is 10.7 Å². The zero-order chi connectivity index (χ0) is 17.2. The van der Waals surface area contributed by atoms with E-state index in [0.29, 0.717) is 11.0 Å². The molecule has 23 heavy (non-hydrogen) atoms. The fraction of sp³-hybridized carbons (Fsp3) is 0.308. The van der Waals surface area contributed by atoms with Crippen LogP contribution in [-0.2, 0) is 11.0 Å². The Morgan fingerprint density at radius 3 is 2.70 bits per heavy atom. The van der Waals surface area contributed by atoms with Crippen molar-refractivity contribution in [3.63, 3.8) is 0 Å². The van der Waals surface area contributed by atoms with Crippen molar-refractivity contribution in [2.24, 2.45) is 0 Å². The number of aromatic nitrogens is 3. The summed E-state index contributed by atoms with van der Waals surface area (Å²) in [6, 6.07) is 3.17. The van der Waals surface area contributed by atoms with Crippen molar-refractivity contribution >= 4 is 35.0 Å². The SMILES string of the molecule is Cc1nc(SC(C)C(=O)Nc2ccc(Cl)cc2C(F)(F)F)n[nH]1. The highest BCUT2D eigenvalue weighted by molar-refractivity contribution is 8.00. The van der Waals surface area contributed by atoms with Gasteiger partial charge in [-0.1, -0.05) is 23.4 Å². The number of nitrogens with zero attached hydrogens (tertiary/aromatic N) is 2. The molecule has 1 aromatic heterocycles. The Hall–Kier alpha value is -1.74. The number of rotatable bonds is 4. The summed E-state index contributed by atoms with van der Waals surface area (Å²) in [5, 5.41) is 8.36. The van der Waals surface area contributed by atoms with Crippen molar-refractivity contribution in [3.8, 4) is 0 Å². The summed E-state index contributed by atoms with van der Waals surface area (Å²) >= 11 is 6.63. The second-order valence-corrected chi connectivity index (χ2v) is 6.38. The molecule has 0 saturated heterocycles.